The summed E-state index contributed by atoms with van der Waals surface area (Å²) in [6.07, 6.45) is 3.23. The third-order valence-corrected chi connectivity index (χ3v) is 5.55. The van der Waals surface area contributed by atoms with Crippen LogP contribution in [0, 0.1) is 5.41 Å². The second-order valence-electron chi connectivity index (χ2n) is 7.67. The molecule has 3 rings (SSSR count). The van der Waals surface area contributed by atoms with Crippen molar-refractivity contribution in [1.82, 2.24) is 0 Å². The van der Waals surface area contributed by atoms with Crippen LogP contribution >= 0.6 is 0 Å². The summed E-state index contributed by atoms with van der Waals surface area (Å²) < 4.78 is 0. The molecule has 0 aliphatic heterocycles. The first-order valence-corrected chi connectivity index (χ1v) is 9.60. The van der Waals surface area contributed by atoms with Crippen molar-refractivity contribution in [3.8, 4) is 11.5 Å². The molecule has 0 aromatic heterocycles. The number of hydrogen-bond donors (Lipinski definition) is 4. The van der Waals surface area contributed by atoms with E-state index in [1.54, 1.807) is 6.08 Å². The van der Waals surface area contributed by atoms with Crippen molar-refractivity contribution in [2.75, 3.05) is 5.32 Å². The number of phenols is 2. The van der Waals surface area contributed by atoms with E-state index in [2.05, 4.69) is 5.32 Å². The Morgan fingerprint density at radius 1 is 1.10 bits per heavy atom. The van der Waals surface area contributed by atoms with E-state index in [4.69, 9.17) is 5.11 Å². The lowest BCUT2D eigenvalue weighted by Gasteiger charge is -2.31. The molecule has 1 aliphatic rings. The van der Waals surface area contributed by atoms with Crippen molar-refractivity contribution in [3.63, 3.8) is 0 Å². The van der Waals surface area contributed by atoms with E-state index in [1.807, 2.05) is 37.3 Å². The van der Waals surface area contributed by atoms with E-state index in [0.29, 0.717) is 6.42 Å². The van der Waals surface area contributed by atoms with Gasteiger partial charge in [0.2, 0.25) is 5.91 Å². The number of phenolic OH excluding ortho intramolecular Hbond substituents is 1. The molecule has 156 valence electrons. The van der Waals surface area contributed by atoms with Gasteiger partial charge in [-0.2, -0.15) is 0 Å². The molecule has 1 aliphatic carbocycles. The van der Waals surface area contributed by atoms with E-state index in [1.165, 1.54) is 0 Å². The zero-order valence-corrected chi connectivity index (χ0v) is 16.5. The Labute approximate surface area is 173 Å². The number of nitrogens with one attached hydrogen (secondary N) is 1. The summed E-state index contributed by atoms with van der Waals surface area (Å²) in [5, 5.41) is 31.3. The first-order valence-electron chi connectivity index (χ1n) is 9.60. The van der Waals surface area contributed by atoms with Crippen molar-refractivity contribution in [2.45, 2.75) is 32.6 Å². The van der Waals surface area contributed by atoms with Gasteiger partial charge in [-0.3, -0.25) is 9.59 Å². The van der Waals surface area contributed by atoms with Crippen LogP contribution in [-0.4, -0.2) is 33.0 Å². The highest BCUT2D eigenvalue weighted by Gasteiger charge is 2.35. The van der Waals surface area contributed by atoms with Crippen molar-refractivity contribution < 1.29 is 29.7 Å². The first kappa shape index (κ1) is 21.1. The van der Waals surface area contributed by atoms with Crippen molar-refractivity contribution >= 4 is 28.9 Å². The summed E-state index contributed by atoms with van der Waals surface area (Å²) in [7, 11) is 0. The summed E-state index contributed by atoms with van der Waals surface area (Å²) in [4.78, 5) is 36.2. The maximum atomic E-state index is 12.7. The average Bonchev–Trinajstić information content (AvgIpc) is 2.72. The molecule has 2 aromatic carbocycles. The maximum Gasteiger partial charge on any atom is 0.339 e. The van der Waals surface area contributed by atoms with Crippen LogP contribution in [0.25, 0.3) is 5.57 Å². The quantitative estimate of drug-likeness (QED) is 0.535. The van der Waals surface area contributed by atoms with Crippen LogP contribution in [0.2, 0.25) is 0 Å². The number of rotatable bonds is 6. The standard InChI is InChI=1S/C23H23NO6/c1-23(11-9-15(13-18(23)26)14-5-3-2-4-6-14)12-10-19(27)24-20-17(25)8-7-16(21(20)28)22(29)30/h2-8,13,25,28H,9-12H2,1H3,(H,24,27)(H,29,30). The molecule has 1 amide bonds. The van der Waals surface area contributed by atoms with Crippen LogP contribution in [0.5, 0.6) is 11.5 Å². The van der Waals surface area contributed by atoms with Gasteiger partial charge in [-0.1, -0.05) is 37.3 Å². The molecule has 7 heteroatoms. The molecule has 0 bridgehead atoms. The maximum absolute atomic E-state index is 12.7. The van der Waals surface area contributed by atoms with Gasteiger partial charge in [-0.15, -0.1) is 0 Å². The molecule has 0 saturated heterocycles. The van der Waals surface area contributed by atoms with Gasteiger partial charge in [-0.05, 0) is 48.6 Å². The number of benzene rings is 2. The zero-order chi connectivity index (χ0) is 21.9. The van der Waals surface area contributed by atoms with E-state index in [-0.39, 0.29) is 24.3 Å². The predicted octanol–water partition coefficient (Wildman–Crippen LogP) is 3.97. The average molecular weight is 409 g/mol. The summed E-state index contributed by atoms with van der Waals surface area (Å²) in [5.74, 6) is -3.12. The third kappa shape index (κ3) is 4.35. The summed E-state index contributed by atoms with van der Waals surface area (Å²) >= 11 is 0. The topological polar surface area (TPSA) is 124 Å². The fourth-order valence-corrected chi connectivity index (χ4v) is 3.53. The van der Waals surface area contributed by atoms with E-state index >= 15 is 0 Å². The number of carbonyl (C=O) groups is 3. The number of amides is 1. The van der Waals surface area contributed by atoms with Crippen LogP contribution in [-0.2, 0) is 9.59 Å². The number of aromatic hydroxyl groups is 2. The Bertz CT molecular complexity index is 1030. The van der Waals surface area contributed by atoms with E-state index in [9.17, 15) is 24.6 Å². The molecule has 7 nitrogen and oxygen atoms in total. The summed E-state index contributed by atoms with van der Waals surface area (Å²) in [6.45, 7) is 1.82. The smallest absolute Gasteiger partial charge is 0.339 e. The van der Waals surface area contributed by atoms with Crippen LogP contribution in [0.4, 0.5) is 5.69 Å². The Kier molecular flexibility index (Phi) is 5.91. The normalized spacial score (nSPS) is 18.6. The molecule has 1 atom stereocenters. The lowest BCUT2D eigenvalue weighted by Crippen LogP contribution is -2.31. The molecule has 1 unspecified atom stereocenters. The molecule has 0 radical (unpaired) electrons. The Morgan fingerprint density at radius 3 is 2.43 bits per heavy atom. The van der Waals surface area contributed by atoms with Crippen molar-refractivity contribution in [2.24, 2.45) is 5.41 Å². The fraction of sp³-hybridized carbons (Fsp3) is 0.261. The number of carbonyl (C=O) groups excluding carboxylic acids is 2. The Morgan fingerprint density at radius 2 is 1.80 bits per heavy atom. The second-order valence-corrected chi connectivity index (χ2v) is 7.67. The number of allylic oxidation sites excluding steroid dienone is 2. The highest BCUT2D eigenvalue weighted by atomic mass is 16.4. The minimum Gasteiger partial charge on any atom is -0.506 e. The van der Waals surface area contributed by atoms with Crippen LogP contribution in [0.3, 0.4) is 0 Å². The highest BCUT2D eigenvalue weighted by molar-refractivity contribution is 6.03. The summed E-state index contributed by atoms with van der Waals surface area (Å²) in [6, 6.07) is 11.8. The van der Waals surface area contributed by atoms with Gasteiger partial charge in [-0.25, -0.2) is 4.79 Å². The van der Waals surface area contributed by atoms with Gasteiger partial charge >= 0.3 is 5.97 Å². The number of anilines is 1. The molecule has 4 N–H and O–H groups in total. The SMILES string of the molecule is CC1(CCC(=O)Nc2c(O)ccc(C(=O)O)c2O)CCC(c2ccccc2)=CC1=O. The second kappa shape index (κ2) is 8.41. The summed E-state index contributed by atoms with van der Waals surface area (Å²) in [5.41, 5.74) is 0.503. The first-order chi connectivity index (χ1) is 14.2. The van der Waals surface area contributed by atoms with Gasteiger partial charge in [0.15, 0.2) is 11.5 Å². The molecule has 2 aromatic rings. The molecule has 0 fully saturated rings. The van der Waals surface area contributed by atoms with E-state index < -0.39 is 34.4 Å². The monoisotopic (exact) mass is 409 g/mol. The van der Waals surface area contributed by atoms with Gasteiger partial charge in [0.05, 0.1) is 0 Å². The molecule has 0 heterocycles. The fourth-order valence-electron chi connectivity index (χ4n) is 3.53. The molecule has 0 saturated carbocycles. The van der Waals surface area contributed by atoms with Gasteiger partial charge in [0.1, 0.15) is 17.0 Å². The molecule has 30 heavy (non-hydrogen) atoms. The predicted molar refractivity (Wildman–Crippen MR) is 111 cm³/mol. The number of ketones is 1. The molecular weight excluding hydrogens is 386 g/mol. The van der Waals surface area contributed by atoms with Crippen molar-refractivity contribution in [3.05, 3.63) is 59.7 Å². The third-order valence-electron chi connectivity index (χ3n) is 5.55. The van der Waals surface area contributed by atoms with Gasteiger partial charge in [0.25, 0.3) is 0 Å². The van der Waals surface area contributed by atoms with Crippen LogP contribution < -0.4 is 5.32 Å². The number of carboxylic acids is 1. The van der Waals surface area contributed by atoms with Crippen molar-refractivity contribution in [1.29, 1.82) is 0 Å². The van der Waals surface area contributed by atoms with Crippen LogP contribution in [0.1, 0.15) is 48.5 Å². The molecular formula is C23H23NO6. The van der Waals surface area contributed by atoms with E-state index in [0.717, 1.165) is 29.7 Å². The van der Waals surface area contributed by atoms with Gasteiger partial charge < -0.3 is 20.6 Å². The minimum atomic E-state index is -1.38. The largest absolute Gasteiger partial charge is 0.506 e. The lowest BCUT2D eigenvalue weighted by atomic mass is 9.71. The van der Waals surface area contributed by atoms with Crippen LogP contribution in [0.15, 0.2) is 48.5 Å². The van der Waals surface area contributed by atoms with Gasteiger partial charge in [0, 0.05) is 11.8 Å². The molecule has 0 spiro atoms. The highest BCUT2D eigenvalue weighted by Crippen LogP contribution is 2.40. The number of carboxylic acid groups (broad SMARTS) is 1. The Hall–Kier alpha value is -3.61. The number of hydrogen-bond acceptors (Lipinski definition) is 5. The Balaban J connectivity index is 1.67. The zero-order valence-electron chi connectivity index (χ0n) is 16.5. The minimum absolute atomic E-state index is 0.0209. The lowest BCUT2D eigenvalue weighted by molar-refractivity contribution is -0.124. The number of aromatic carboxylic acids is 1.